The molecule has 0 heterocycles. The third-order valence-electron chi connectivity index (χ3n) is 4.00. The Morgan fingerprint density at radius 3 is 2.27 bits per heavy atom. The number of nitrogens with one attached hydrogen (secondary N) is 1. The maximum absolute atomic E-state index is 12.2. The Hall–Kier alpha value is -1.95. The Morgan fingerprint density at radius 1 is 1.18 bits per heavy atom. The second kappa shape index (κ2) is 7.35. The highest BCUT2D eigenvalue weighted by Crippen LogP contribution is 2.40. The summed E-state index contributed by atoms with van der Waals surface area (Å²) < 4.78 is 15.8. The van der Waals surface area contributed by atoms with Crippen LogP contribution in [0.1, 0.15) is 25.7 Å². The van der Waals surface area contributed by atoms with E-state index >= 15 is 0 Å². The van der Waals surface area contributed by atoms with E-state index in [4.69, 9.17) is 19.9 Å². The number of methoxy groups -OCH3 is 3. The molecule has 0 spiro atoms. The second-order valence-corrected chi connectivity index (χ2v) is 5.61. The molecule has 1 aromatic rings. The smallest absolute Gasteiger partial charge is 0.224 e. The number of anilines is 1. The maximum atomic E-state index is 12.2. The van der Waals surface area contributed by atoms with Gasteiger partial charge in [0.05, 0.1) is 21.3 Å². The minimum atomic E-state index is -0.0200. The minimum Gasteiger partial charge on any atom is -0.493 e. The summed E-state index contributed by atoms with van der Waals surface area (Å²) in [5, 5.41) is 2.89. The summed E-state index contributed by atoms with van der Waals surface area (Å²) >= 11 is 0. The normalized spacial score (nSPS) is 20.5. The van der Waals surface area contributed by atoms with Crippen LogP contribution in [0.4, 0.5) is 5.69 Å². The van der Waals surface area contributed by atoms with Crippen molar-refractivity contribution in [3.05, 3.63) is 12.1 Å². The van der Waals surface area contributed by atoms with E-state index in [0.717, 1.165) is 19.3 Å². The van der Waals surface area contributed by atoms with Gasteiger partial charge in [-0.1, -0.05) is 0 Å². The van der Waals surface area contributed by atoms with Crippen LogP contribution < -0.4 is 25.3 Å². The minimum absolute atomic E-state index is 0.0200. The molecule has 1 saturated carbocycles. The number of rotatable bonds is 6. The molecule has 3 N–H and O–H groups in total. The third kappa shape index (κ3) is 3.82. The van der Waals surface area contributed by atoms with Crippen molar-refractivity contribution < 1.29 is 19.0 Å². The first kappa shape index (κ1) is 16.4. The monoisotopic (exact) mass is 308 g/mol. The standard InChI is InChI=1S/C16H24N2O4/c1-20-13-8-12(9-14(21-2)16(13)22-3)18-15(19)7-10-4-5-11(17)6-10/h8-11H,4-7,17H2,1-3H3,(H,18,19)/t10-,11-/m1/s1. The lowest BCUT2D eigenvalue weighted by atomic mass is 10.0. The Balaban J connectivity index is 2.07. The highest BCUT2D eigenvalue weighted by atomic mass is 16.5. The molecule has 6 heteroatoms. The van der Waals surface area contributed by atoms with Crippen LogP contribution in [0.5, 0.6) is 17.2 Å². The number of hydrogen-bond donors (Lipinski definition) is 2. The van der Waals surface area contributed by atoms with E-state index in [2.05, 4.69) is 5.32 Å². The van der Waals surface area contributed by atoms with Crippen molar-refractivity contribution in [1.82, 2.24) is 0 Å². The van der Waals surface area contributed by atoms with Crippen LogP contribution in [0.25, 0.3) is 0 Å². The van der Waals surface area contributed by atoms with Gasteiger partial charge >= 0.3 is 0 Å². The summed E-state index contributed by atoms with van der Waals surface area (Å²) in [6, 6.07) is 3.68. The number of carbonyl (C=O) groups is 1. The van der Waals surface area contributed by atoms with Crippen LogP contribution in [0, 0.1) is 5.92 Å². The van der Waals surface area contributed by atoms with E-state index < -0.39 is 0 Å². The highest BCUT2D eigenvalue weighted by Gasteiger charge is 2.24. The summed E-state index contributed by atoms with van der Waals surface area (Å²) in [6.07, 6.45) is 3.43. The van der Waals surface area contributed by atoms with E-state index in [1.165, 1.54) is 0 Å². The van der Waals surface area contributed by atoms with Gasteiger partial charge in [0, 0.05) is 30.3 Å². The molecule has 1 fully saturated rings. The number of nitrogens with two attached hydrogens (primary N) is 1. The van der Waals surface area contributed by atoms with Crippen molar-refractivity contribution in [2.75, 3.05) is 26.6 Å². The largest absolute Gasteiger partial charge is 0.493 e. The van der Waals surface area contributed by atoms with Crippen molar-refractivity contribution in [3.8, 4) is 17.2 Å². The van der Waals surface area contributed by atoms with Crippen LogP contribution >= 0.6 is 0 Å². The van der Waals surface area contributed by atoms with Gasteiger partial charge < -0.3 is 25.3 Å². The van der Waals surface area contributed by atoms with Gasteiger partial charge in [-0.3, -0.25) is 4.79 Å². The summed E-state index contributed by atoms with van der Waals surface area (Å²) in [7, 11) is 4.63. The molecule has 0 aliphatic heterocycles. The molecular formula is C16H24N2O4. The zero-order valence-corrected chi connectivity index (χ0v) is 13.3. The molecule has 1 aliphatic carbocycles. The average Bonchev–Trinajstić information content (AvgIpc) is 2.90. The van der Waals surface area contributed by atoms with Crippen molar-refractivity contribution in [3.63, 3.8) is 0 Å². The fourth-order valence-electron chi connectivity index (χ4n) is 2.93. The van der Waals surface area contributed by atoms with E-state index in [1.54, 1.807) is 33.5 Å². The van der Waals surface area contributed by atoms with Gasteiger partial charge in [0.25, 0.3) is 0 Å². The van der Waals surface area contributed by atoms with Gasteiger partial charge in [-0.05, 0) is 25.2 Å². The van der Waals surface area contributed by atoms with Crippen LogP contribution in [-0.4, -0.2) is 33.3 Å². The predicted molar refractivity (Wildman–Crippen MR) is 84.7 cm³/mol. The van der Waals surface area contributed by atoms with Crippen molar-refractivity contribution in [1.29, 1.82) is 0 Å². The molecule has 122 valence electrons. The number of benzene rings is 1. The molecule has 0 unspecified atom stereocenters. The molecule has 0 saturated heterocycles. The van der Waals surface area contributed by atoms with Crippen molar-refractivity contribution >= 4 is 11.6 Å². The number of hydrogen-bond acceptors (Lipinski definition) is 5. The summed E-state index contributed by atoms with van der Waals surface area (Å²) in [4.78, 5) is 12.2. The number of amides is 1. The Kier molecular flexibility index (Phi) is 5.49. The van der Waals surface area contributed by atoms with Gasteiger partial charge in [0.1, 0.15) is 0 Å². The molecule has 0 aromatic heterocycles. The Labute approximate surface area is 130 Å². The van der Waals surface area contributed by atoms with Gasteiger partial charge in [-0.15, -0.1) is 0 Å². The van der Waals surface area contributed by atoms with Gasteiger partial charge in [0.15, 0.2) is 11.5 Å². The zero-order chi connectivity index (χ0) is 16.1. The molecule has 0 radical (unpaired) electrons. The summed E-state index contributed by atoms with van der Waals surface area (Å²) in [5.74, 6) is 1.88. The van der Waals surface area contributed by atoms with Crippen LogP contribution in [0.3, 0.4) is 0 Å². The lowest BCUT2D eigenvalue weighted by Gasteiger charge is -2.15. The zero-order valence-electron chi connectivity index (χ0n) is 13.3. The maximum Gasteiger partial charge on any atom is 0.224 e. The number of carbonyl (C=O) groups excluding carboxylic acids is 1. The van der Waals surface area contributed by atoms with Gasteiger partial charge in [-0.25, -0.2) is 0 Å². The summed E-state index contributed by atoms with van der Waals surface area (Å²) in [5.41, 5.74) is 6.51. The van der Waals surface area contributed by atoms with Gasteiger partial charge in [-0.2, -0.15) is 0 Å². The SMILES string of the molecule is COc1cc(NC(=O)C[C@@H]2CC[C@@H](N)C2)cc(OC)c1OC. The lowest BCUT2D eigenvalue weighted by molar-refractivity contribution is -0.117. The Morgan fingerprint density at radius 2 is 1.82 bits per heavy atom. The van der Waals surface area contributed by atoms with Crippen LogP contribution in [-0.2, 0) is 4.79 Å². The first-order valence-corrected chi connectivity index (χ1v) is 7.42. The van der Waals surface area contributed by atoms with E-state index in [1.807, 2.05) is 0 Å². The molecule has 6 nitrogen and oxygen atoms in total. The summed E-state index contributed by atoms with van der Waals surface area (Å²) in [6.45, 7) is 0. The predicted octanol–water partition coefficient (Wildman–Crippen LogP) is 2.17. The van der Waals surface area contributed by atoms with Crippen LogP contribution in [0.15, 0.2) is 12.1 Å². The average molecular weight is 308 g/mol. The van der Waals surface area contributed by atoms with Crippen molar-refractivity contribution in [2.24, 2.45) is 11.7 Å². The molecule has 2 rings (SSSR count). The van der Waals surface area contributed by atoms with Gasteiger partial charge in [0.2, 0.25) is 11.7 Å². The molecule has 2 atom stereocenters. The third-order valence-corrected chi connectivity index (χ3v) is 4.00. The first-order valence-electron chi connectivity index (χ1n) is 7.42. The molecule has 22 heavy (non-hydrogen) atoms. The first-order chi connectivity index (χ1) is 10.6. The van der Waals surface area contributed by atoms with E-state index in [9.17, 15) is 4.79 Å². The quantitative estimate of drug-likeness (QED) is 0.841. The second-order valence-electron chi connectivity index (χ2n) is 5.61. The molecular weight excluding hydrogens is 284 g/mol. The Bertz CT molecular complexity index is 508. The van der Waals surface area contributed by atoms with Crippen molar-refractivity contribution in [2.45, 2.75) is 31.7 Å². The lowest BCUT2D eigenvalue weighted by Crippen LogP contribution is -2.18. The van der Waals surface area contributed by atoms with E-state index in [0.29, 0.717) is 35.3 Å². The topological polar surface area (TPSA) is 82.8 Å². The fourth-order valence-corrected chi connectivity index (χ4v) is 2.93. The fraction of sp³-hybridized carbons (Fsp3) is 0.562. The highest BCUT2D eigenvalue weighted by molar-refractivity contribution is 5.91. The molecule has 1 aliphatic rings. The molecule has 1 amide bonds. The van der Waals surface area contributed by atoms with E-state index in [-0.39, 0.29) is 11.9 Å². The van der Waals surface area contributed by atoms with Crippen LogP contribution in [0.2, 0.25) is 0 Å². The molecule has 0 bridgehead atoms. The molecule has 1 aromatic carbocycles. The number of ether oxygens (including phenoxy) is 3.